The zero-order chi connectivity index (χ0) is 12.9. The van der Waals surface area contributed by atoms with E-state index in [-0.39, 0.29) is 23.9 Å². The highest BCUT2D eigenvalue weighted by Gasteiger charge is 2.15. The summed E-state index contributed by atoms with van der Waals surface area (Å²) in [6, 6.07) is -0.621. The molecule has 0 fully saturated rings. The zero-order valence-electron chi connectivity index (χ0n) is 10.3. The Balaban J connectivity index is 2.33. The summed E-state index contributed by atoms with van der Waals surface area (Å²) in [7, 11) is -3.06. The second-order valence-corrected chi connectivity index (χ2v) is 6.76. The van der Waals surface area contributed by atoms with Gasteiger partial charge in [-0.2, -0.15) is 0 Å². The standard InChI is InChI=1S/C11H20N2O3S/c1-9(8-17(2,15)16)12-11(14)13-10-6-4-3-5-7-10/h4,6,9-10H,3,5,7-8H2,1-2H3,(H2,12,13,14). The molecule has 0 aromatic carbocycles. The van der Waals surface area contributed by atoms with Crippen molar-refractivity contribution < 1.29 is 13.2 Å². The second-order valence-electron chi connectivity index (χ2n) is 4.58. The quantitative estimate of drug-likeness (QED) is 0.735. The van der Waals surface area contributed by atoms with Gasteiger partial charge < -0.3 is 10.6 Å². The van der Waals surface area contributed by atoms with Crippen LogP contribution in [0.4, 0.5) is 4.79 Å². The number of rotatable bonds is 4. The molecule has 2 unspecified atom stereocenters. The van der Waals surface area contributed by atoms with E-state index in [0.29, 0.717) is 0 Å². The molecule has 0 bridgehead atoms. The van der Waals surface area contributed by atoms with Crippen molar-refractivity contribution in [2.24, 2.45) is 0 Å². The number of hydrogen-bond acceptors (Lipinski definition) is 3. The average Bonchev–Trinajstić information content (AvgIpc) is 2.15. The lowest BCUT2D eigenvalue weighted by Gasteiger charge is -2.20. The molecule has 5 nitrogen and oxygen atoms in total. The van der Waals surface area contributed by atoms with Gasteiger partial charge in [0.25, 0.3) is 0 Å². The number of sulfone groups is 1. The Morgan fingerprint density at radius 3 is 2.76 bits per heavy atom. The smallest absolute Gasteiger partial charge is 0.315 e. The van der Waals surface area contributed by atoms with Crippen molar-refractivity contribution >= 4 is 15.9 Å². The number of nitrogens with one attached hydrogen (secondary N) is 2. The molecule has 2 N–H and O–H groups in total. The van der Waals surface area contributed by atoms with Crippen molar-refractivity contribution in [3.63, 3.8) is 0 Å². The van der Waals surface area contributed by atoms with E-state index in [1.807, 2.05) is 12.2 Å². The van der Waals surface area contributed by atoms with Crippen LogP contribution < -0.4 is 10.6 Å². The minimum Gasteiger partial charge on any atom is -0.335 e. The molecule has 0 saturated carbocycles. The van der Waals surface area contributed by atoms with E-state index in [1.165, 1.54) is 0 Å². The van der Waals surface area contributed by atoms with Crippen molar-refractivity contribution in [2.45, 2.75) is 38.3 Å². The maximum absolute atomic E-state index is 11.6. The molecule has 0 aliphatic heterocycles. The van der Waals surface area contributed by atoms with Gasteiger partial charge >= 0.3 is 6.03 Å². The van der Waals surface area contributed by atoms with Gasteiger partial charge in [-0.15, -0.1) is 0 Å². The molecular formula is C11H20N2O3S. The number of hydrogen-bond donors (Lipinski definition) is 2. The fourth-order valence-electron chi connectivity index (χ4n) is 1.86. The van der Waals surface area contributed by atoms with Crippen LogP contribution in [0.25, 0.3) is 0 Å². The third kappa shape index (κ3) is 6.31. The largest absolute Gasteiger partial charge is 0.335 e. The monoisotopic (exact) mass is 260 g/mol. The van der Waals surface area contributed by atoms with Crippen LogP contribution in [0.15, 0.2) is 12.2 Å². The molecule has 1 aliphatic carbocycles. The number of amides is 2. The van der Waals surface area contributed by atoms with Crippen LogP contribution in [0.3, 0.4) is 0 Å². The molecule has 0 aromatic rings. The highest BCUT2D eigenvalue weighted by atomic mass is 32.2. The zero-order valence-corrected chi connectivity index (χ0v) is 11.1. The van der Waals surface area contributed by atoms with E-state index < -0.39 is 9.84 Å². The summed E-state index contributed by atoms with van der Waals surface area (Å²) in [6.07, 6.45) is 8.25. The summed E-state index contributed by atoms with van der Waals surface area (Å²) in [6.45, 7) is 1.68. The van der Waals surface area contributed by atoms with Crippen molar-refractivity contribution in [1.29, 1.82) is 0 Å². The van der Waals surface area contributed by atoms with E-state index in [0.717, 1.165) is 25.5 Å². The fourth-order valence-corrected chi connectivity index (χ4v) is 2.85. The van der Waals surface area contributed by atoms with Crippen molar-refractivity contribution in [1.82, 2.24) is 10.6 Å². The van der Waals surface area contributed by atoms with Crippen molar-refractivity contribution in [3.05, 3.63) is 12.2 Å². The van der Waals surface area contributed by atoms with Gasteiger partial charge in [-0.05, 0) is 26.2 Å². The molecule has 98 valence electrons. The van der Waals surface area contributed by atoms with Gasteiger partial charge in [-0.3, -0.25) is 0 Å². The lowest BCUT2D eigenvalue weighted by atomic mass is 10.0. The molecule has 0 saturated heterocycles. The highest BCUT2D eigenvalue weighted by molar-refractivity contribution is 7.90. The molecule has 2 amide bonds. The van der Waals surface area contributed by atoms with Gasteiger partial charge in [0.1, 0.15) is 9.84 Å². The van der Waals surface area contributed by atoms with Crippen LogP contribution in [0, 0.1) is 0 Å². The van der Waals surface area contributed by atoms with Gasteiger partial charge in [-0.1, -0.05) is 12.2 Å². The number of carbonyl (C=O) groups excluding carboxylic acids is 1. The molecule has 1 rings (SSSR count). The number of urea groups is 1. The Hall–Kier alpha value is -1.04. The highest BCUT2D eigenvalue weighted by Crippen LogP contribution is 2.09. The normalized spacial score (nSPS) is 21.9. The van der Waals surface area contributed by atoms with Crippen LogP contribution in [0.2, 0.25) is 0 Å². The molecule has 0 heterocycles. The fraction of sp³-hybridized carbons (Fsp3) is 0.727. The van der Waals surface area contributed by atoms with E-state index >= 15 is 0 Å². The second kappa shape index (κ2) is 6.05. The van der Waals surface area contributed by atoms with Gasteiger partial charge in [0.2, 0.25) is 0 Å². The van der Waals surface area contributed by atoms with E-state index in [4.69, 9.17) is 0 Å². The lowest BCUT2D eigenvalue weighted by Crippen LogP contribution is -2.47. The number of carbonyl (C=O) groups is 1. The van der Waals surface area contributed by atoms with Crippen molar-refractivity contribution in [2.75, 3.05) is 12.0 Å². The van der Waals surface area contributed by atoms with Gasteiger partial charge in [0, 0.05) is 18.3 Å². The minimum atomic E-state index is -3.06. The summed E-state index contributed by atoms with van der Waals surface area (Å²) in [4.78, 5) is 11.6. The minimum absolute atomic E-state index is 0.0407. The topological polar surface area (TPSA) is 75.3 Å². The molecule has 0 spiro atoms. The first kappa shape index (κ1) is 14.0. The third-order valence-electron chi connectivity index (χ3n) is 2.50. The Labute approximate surface area is 103 Å². The predicted octanol–water partition coefficient (Wildman–Crippen LogP) is 0.827. The SMILES string of the molecule is CC(CS(C)(=O)=O)NC(=O)NC1C=CCCC1. The molecule has 6 heteroatoms. The van der Waals surface area contributed by atoms with Crippen LogP contribution in [-0.4, -0.2) is 38.5 Å². The van der Waals surface area contributed by atoms with E-state index in [9.17, 15) is 13.2 Å². The molecule has 0 radical (unpaired) electrons. The maximum atomic E-state index is 11.6. The Bertz CT molecular complexity index is 390. The molecule has 2 atom stereocenters. The first-order valence-corrected chi connectivity index (χ1v) is 7.84. The summed E-state index contributed by atoms with van der Waals surface area (Å²) in [5, 5.41) is 5.42. The Kier molecular flexibility index (Phi) is 4.99. The maximum Gasteiger partial charge on any atom is 0.315 e. The molecular weight excluding hydrogens is 240 g/mol. The Morgan fingerprint density at radius 2 is 2.24 bits per heavy atom. The van der Waals surface area contributed by atoms with Gasteiger partial charge in [0.15, 0.2) is 0 Å². The van der Waals surface area contributed by atoms with Crippen LogP contribution >= 0.6 is 0 Å². The first-order valence-electron chi connectivity index (χ1n) is 5.78. The lowest BCUT2D eigenvalue weighted by molar-refractivity contribution is 0.236. The average molecular weight is 260 g/mol. The van der Waals surface area contributed by atoms with Crippen LogP contribution in [0.5, 0.6) is 0 Å². The molecule has 17 heavy (non-hydrogen) atoms. The van der Waals surface area contributed by atoms with Gasteiger partial charge in [0.05, 0.1) is 5.75 Å². The summed E-state index contributed by atoms with van der Waals surface area (Å²) in [5.74, 6) is -0.0407. The summed E-state index contributed by atoms with van der Waals surface area (Å²) in [5.41, 5.74) is 0. The molecule has 1 aliphatic rings. The van der Waals surface area contributed by atoms with E-state index in [1.54, 1.807) is 6.92 Å². The Morgan fingerprint density at radius 1 is 1.53 bits per heavy atom. The summed E-state index contributed by atoms with van der Waals surface area (Å²) >= 11 is 0. The number of allylic oxidation sites excluding steroid dienone is 1. The van der Waals surface area contributed by atoms with Gasteiger partial charge in [-0.25, -0.2) is 13.2 Å². The summed E-state index contributed by atoms with van der Waals surface area (Å²) < 4.78 is 22.1. The first-order chi connectivity index (χ1) is 7.87. The predicted molar refractivity (Wildman–Crippen MR) is 67.6 cm³/mol. The third-order valence-corrected chi connectivity index (χ3v) is 3.61. The van der Waals surface area contributed by atoms with E-state index in [2.05, 4.69) is 10.6 Å². The van der Waals surface area contributed by atoms with Crippen LogP contribution in [0.1, 0.15) is 26.2 Å². The van der Waals surface area contributed by atoms with Crippen LogP contribution in [-0.2, 0) is 9.84 Å². The molecule has 0 aromatic heterocycles. The van der Waals surface area contributed by atoms with Crippen molar-refractivity contribution in [3.8, 4) is 0 Å².